The molecule has 1 aliphatic rings. The maximum Gasteiger partial charge on any atom is 0.338 e. The second-order valence-electron chi connectivity index (χ2n) is 7.25. The van der Waals surface area contributed by atoms with Crippen molar-refractivity contribution in [1.29, 1.82) is 0 Å². The summed E-state index contributed by atoms with van der Waals surface area (Å²) in [6.45, 7) is 2.55. The first-order chi connectivity index (χ1) is 14.5. The fourth-order valence-electron chi connectivity index (χ4n) is 2.85. The number of nitrogens with one attached hydrogen (secondary N) is 1. The summed E-state index contributed by atoms with van der Waals surface area (Å²) < 4.78 is 10.6. The Morgan fingerprint density at radius 1 is 1.10 bits per heavy atom. The number of amides is 2. The molecule has 1 saturated carbocycles. The Kier molecular flexibility index (Phi) is 7.06. The van der Waals surface area contributed by atoms with Crippen molar-refractivity contribution in [2.45, 2.75) is 26.3 Å². The van der Waals surface area contributed by atoms with Crippen LogP contribution in [-0.4, -0.2) is 42.9 Å². The van der Waals surface area contributed by atoms with Crippen molar-refractivity contribution in [3.05, 3.63) is 59.7 Å². The van der Waals surface area contributed by atoms with Crippen molar-refractivity contribution in [3.63, 3.8) is 0 Å². The number of carbonyl (C=O) groups is 3. The fourth-order valence-corrected chi connectivity index (χ4v) is 2.85. The summed E-state index contributed by atoms with van der Waals surface area (Å²) in [5.74, 6) is -0.105. The molecule has 0 spiro atoms. The van der Waals surface area contributed by atoms with Crippen LogP contribution in [-0.2, 0) is 20.9 Å². The molecule has 1 N–H and O–H groups in total. The quantitative estimate of drug-likeness (QED) is 0.642. The average molecular weight is 410 g/mol. The van der Waals surface area contributed by atoms with Gasteiger partial charge in [0.15, 0.2) is 6.61 Å². The molecule has 1 fully saturated rings. The summed E-state index contributed by atoms with van der Waals surface area (Å²) in [5, 5.41) is 2.79. The Morgan fingerprint density at radius 3 is 2.50 bits per heavy atom. The number of esters is 1. The summed E-state index contributed by atoms with van der Waals surface area (Å²) in [6, 6.07) is 14.0. The van der Waals surface area contributed by atoms with E-state index in [-0.39, 0.29) is 29.9 Å². The zero-order valence-electron chi connectivity index (χ0n) is 17.2. The first-order valence-electron chi connectivity index (χ1n) is 10.00. The monoisotopic (exact) mass is 410 g/mol. The molecule has 158 valence electrons. The minimum Gasteiger partial charge on any atom is -0.494 e. The average Bonchev–Trinajstić information content (AvgIpc) is 3.59. The van der Waals surface area contributed by atoms with E-state index in [0.717, 1.165) is 24.2 Å². The SMILES string of the molecule is CCOc1ccc(CN(C)C(=O)COC(=O)c2cccc(NC(=O)C3CC3)c2)cc1. The van der Waals surface area contributed by atoms with Gasteiger partial charge < -0.3 is 19.7 Å². The summed E-state index contributed by atoms with van der Waals surface area (Å²) in [6.07, 6.45) is 1.81. The van der Waals surface area contributed by atoms with Crippen LogP contribution in [0.1, 0.15) is 35.7 Å². The summed E-state index contributed by atoms with van der Waals surface area (Å²) in [4.78, 5) is 38.0. The van der Waals surface area contributed by atoms with Crippen molar-refractivity contribution < 1.29 is 23.9 Å². The third kappa shape index (κ3) is 6.07. The Hall–Kier alpha value is -3.35. The molecule has 30 heavy (non-hydrogen) atoms. The van der Waals surface area contributed by atoms with Crippen molar-refractivity contribution in [2.24, 2.45) is 5.92 Å². The maximum atomic E-state index is 12.3. The van der Waals surface area contributed by atoms with Crippen molar-refractivity contribution in [3.8, 4) is 5.75 Å². The lowest BCUT2D eigenvalue weighted by Crippen LogP contribution is -2.30. The largest absolute Gasteiger partial charge is 0.494 e. The van der Waals surface area contributed by atoms with Gasteiger partial charge in [0.1, 0.15) is 5.75 Å². The van der Waals surface area contributed by atoms with E-state index < -0.39 is 5.97 Å². The number of anilines is 1. The first-order valence-corrected chi connectivity index (χ1v) is 10.00. The molecule has 0 saturated heterocycles. The van der Waals surface area contributed by atoms with Gasteiger partial charge in [0.2, 0.25) is 5.91 Å². The number of nitrogens with zero attached hydrogens (tertiary/aromatic N) is 1. The molecule has 0 atom stereocenters. The molecular formula is C23H26N2O5. The van der Waals surface area contributed by atoms with Gasteiger partial charge >= 0.3 is 5.97 Å². The van der Waals surface area contributed by atoms with Crippen LogP contribution >= 0.6 is 0 Å². The minimum atomic E-state index is -0.611. The van der Waals surface area contributed by atoms with Crippen LogP contribution in [0.15, 0.2) is 48.5 Å². The third-order valence-electron chi connectivity index (χ3n) is 4.72. The smallest absolute Gasteiger partial charge is 0.338 e. The number of rotatable bonds is 9. The van der Waals surface area contributed by atoms with Gasteiger partial charge in [-0.05, 0) is 55.7 Å². The first kappa shape index (κ1) is 21.4. The van der Waals surface area contributed by atoms with Crippen molar-refractivity contribution >= 4 is 23.5 Å². The van der Waals surface area contributed by atoms with E-state index >= 15 is 0 Å². The van der Waals surface area contributed by atoms with Gasteiger partial charge in [0.25, 0.3) is 5.91 Å². The predicted molar refractivity (Wildman–Crippen MR) is 112 cm³/mol. The Bertz CT molecular complexity index is 906. The summed E-state index contributed by atoms with van der Waals surface area (Å²) in [7, 11) is 1.65. The molecular weight excluding hydrogens is 384 g/mol. The molecule has 0 radical (unpaired) electrons. The van der Waals surface area contributed by atoms with E-state index in [1.807, 2.05) is 31.2 Å². The zero-order valence-corrected chi connectivity index (χ0v) is 17.2. The van der Waals surface area contributed by atoms with E-state index in [1.165, 1.54) is 4.90 Å². The van der Waals surface area contributed by atoms with Gasteiger partial charge in [0, 0.05) is 25.2 Å². The van der Waals surface area contributed by atoms with Crippen LogP contribution in [0.4, 0.5) is 5.69 Å². The third-order valence-corrected chi connectivity index (χ3v) is 4.72. The molecule has 2 aromatic carbocycles. The zero-order chi connectivity index (χ0) is 21.5. The van der Waals surface area contributed by atoms with E-state index in [0.29, 0.717) is 18.8 Å². The predicted octanol–water partition coefficient (Wildman–Crippen LogP) is 3.25. The van der Waals surface area contributed by atoms with Crippen molar-refractivity contribution in [2.75, 3.05) is 25.6 Å². The number of hydrogen-bond donors (Lipinski definition) is 1. The van der Waals surface area contributed by atoms with E-state index in [4.69, 9.17) is 9.47 Å². The van der Waals surface area contributed by atoms with Gasteiger partial charge in [-0.2, -0.15) is 0 Å². The minimum absolute atomic E-state index is 0.0355. The molecule has 0 unspecified atom stereocenters. The van der Waals surface area contributed by atoms with Crippen molar-refractivity contribution in [1.82, 2.24) is 4.90 Å². The molecule has 2 amide bonds. The van der Waals surface area contributed by atoms with Gasteiger partial charge in [0.05, 0.1) is 12.2 Å². The summed E-state index contributed by atoms with van der Waals surface area (Å²) >= 11 is 0. The second kappa shape index (κ2) is 9.91. The fraction of sp³-hybridized carbons (Fsp3) is 0.348. The molecule has 3 rings (SSSR count). The van der Waals surface area contributed by atoms with Crippen LogP contribution < -0.4 is 10.1 Å². The highest BCUT2D eigenvalue weighted by atomic mass is 16.5. The topological polar surface area (TPSA) is 84.9 Å². The number of likely N-dealkylation sites (N-methyl/N-ethyl adjacent to an activating group) is 1. The number of hydrogen-bond acceptors (Lipinski definition) is 5. The van der Waals surface area contributed by atoms with Crippen LogP contribution in [0.25, 0.3) is 0 Å². The molecule has 0 heterocycles. The maximum absolute atomic E-state index is 12.3. The number of ether oxygens (including phenoxy) is 2. The molecule has 7 heteroatoms. The Balaban J connectivity index is 1.48. The Labute approximate surface area is 176 Å². The van der Waals surface area contributed by atoms with Gasteiger partial charge in [-0.1, -0.05) is 18.2 Å². The van der Waals surface area contributed by atoms with E-state index in [1.54, 1.807) is 31.3 Å². The van der Waals surface area contributed by atoms with Crippen LogP contribution in [0.5, 0.6) is 5.75 Å². The standard InChI is InChI=1S/C23H26N2O5/c1-3-29-20-11-7-16(8-12-20)14-25(2)21(26)15-30-23(28)18-5-4-6-19(13-18)24-22(27)17-9-10-17/h4-8,11-13,17H,3,9-10,14-15H2,1-2H3,(H,24,27). The number of benzene rings is 2. The molecule has 7 nitrogen and oxygen atoms in total. The van der Waals surface area contributed by atoms with Gasteiger partial charge in [-0.15, -0.1) is 0 Å². The highest BCUT2D eigenvalue weighted by Crippen LogP contribution is 2.30. The molecule has 0 aromatic heterocycles. The Morgan fingerprint density at radius 2 is 1.83 bits per heavy atom. The molecule has 2 aromatic rings. The van der Waals surface area contributed by atoms with Crippen LogP contribution in [0.2, 0.25) is 0 Å². The van der Waals surface area contributed by atoms with E-state index in [2.05, 4.69) is 5.32 Å². The molecule has 0 aliphatic heterocycles. The molecule has 0 bridgehead atoms. The highest BCUT2D eigenvalue weighted by molar-refractivity contribution is 5.96. The number of carbonyl (C=O) groups excluding carboxylic acids is 3. The van der Waals surface area contributed by atoms with E-state index in [9.17, 15) is 14.4 Å². The van der Waals surface area contributed by atoms with Gasteiger partial charge in [-0.25, -0.2) is 4.79 Å². The lowest BCUT2D eigenvalue weighted by molar-refractivity contribution is -0.133. The van der Waals surface area contributed by atoms with Gasteiger partial charge in [-0.3, -0.25) is 9.59 Å². The summed E-state index contributed by atoms with van der Waals surface area (Å²) in [5.41, 5.74) is 1.77. The lowest BCUT2D eigenvalue weighted by atomic mass is 10.2. The van der Waals surface area contributed by atoms with Crippen LogP contribution in [0.3, 0.4) is 0 Å². The second-order valence-corrected chi connectivity index (χ2v) is 7.25. The highest BCUT2D eigenvalue weighted by Gasteiger charge is 2.29. The molecule has 1 aliphatic carbocycles. The van der Waals surface area contributed by atoms with Crippen LogP contribution in [0, 0.1) is 5.92 Å². The normalized spacial score (nSPS) is 12.7. The lowest BCUT2D eigenvalue weighted by Gasteiger charge is -2.17.